The summed E-state index contributed by atoms with van der Waals surface area (Å²) < 4.78 is 5.37. The Morgan fingerprint density at radius 3 is 2.85 bits per heavy atom. The van der Waals surface area contributed by atoms with Crippen LogP contribution in [0.25, 0.3) is 11.0 Å². The number of para-hydroxylation sites is 1. The van der Waals surface area contributed by atoms with Gasteiger partial charge in [-0.25, -0.2) is 0 Å². The third-order valence-corrected chi connectivity index (χ3v) is 2.02. The summed E-state index contributed by atoms with van der Waals surface area (Å²) >= 11 is 0. The van der Waals surface area contributed by atoms with Crippen molar-refractivity contribution in [3.05, 3.63) is 36.1 Å². The van der Waals surface area contributed by atoms with E-state index in [4.69, 9.17) is 4.42 Å². The van der Waals surface area contributed by atoms with Gasteiger partial charge in [-0.2, -0.15) is 0 Å². The van der Waals surface area contributed by atoms with E-state index in [2.05, 4.69) is 0 Å². The van der Waals surface area contributed by atoms with Crippen molar-refractivity contribution in [2.45, 2.75) is 13.3 Å². The molecule has 0 fully saturated rings. The quantitative estimate of drug-likeness (QED) is 0.655. The lowest BCUT2D eigenvalue weighted by molar-refractivity contribution is 0.0963. The SMILES string of the molecule is CCC(=O)c1cc2ccccc2o1. The second-order valence-electron chi connectivity index (χ2n) is 2.93. The van der Waals surface area contributed by atoms with E-state index in [0.29, 0.717) is 12.2 Å². The Morgan fingerprint density at radius 1 is 1.38 bits per heavy atom. The number of hydrogen-bond donors (Lipinski definition) is 0. The third kappa shape index (κ3) is 1.35. The number of carbonyl (C=O) groups excluding carboxylic acids is 1. The molecule has 1 heterocycles. The van der Waals surface area contributed by atoms with Crippen molar-refractivity contribution in [1.82, 2.24) is 0 Å². The monoisotopic (exact) mass is 174 g/mol. The molecule has 2 heteroatoms. The molecule has 0 radical (unpaired) electrons. The fourth-order valence-corrected chi connectivity index (χ4v) is 1.29. The number of fused-ring (bicyclic) bond motifs is 1. The molecule has 0 saturated heterocycles. The molecule has 1 aromatic heterocycles. The van der Waals surface area contributed by atoms with Gasteiger partial charge < -0.3 is 4.42 Å². The largest absolute Gasteiger partial charge is 0.453 e. The zero-order valence-electron chi connectivity index (χ0n) is 7.41. The van der Waals surface area contributed by atoms with Crippen LogP contribution in [-0.2, 0) is 0 Å². The maximum absolute atomic E-state index is 11.3. The Hall–Kier alpha value is -1.57. The molecule has 0 amide bonds. The Morgan fingerprint density at radius 2 is 2.15 bits per heavy atom. The van der Waals surface area contributed by atoms with Gasteiger partial charge in [0, 0.05) is 11.8 Å². The van der Waals surface area contributed by atoms with Crippen LogP contribution in [0.5, 0.6) is 0 Å². The number of Topliss-reactive ketones (excluding diaryl/α,β-unsaturated/α-hetero) is 1. The van der Waals surface area contributed by atoms with E-state index in [1.54, 1.807) is 6.07 Å². The van der Waals surface area contributed by atoms with E-state index in [-0.39, 0.29) is 5.78 Å². The van der Waals surface area contributed by atoms with Gasteiger partial charge in [0.1, 0.15) is 5.58 Å². The number of rotatable bonds is 2. The van der Waals surface area contributed by atoms with Crippen molar-refractivity contribution in [3.63, 3.8) is 0 Å². The normalized spacial score (nSPS) is 10.5. The fraction of sp³-hybridized carbons (Fsp3) is 0.182. The van der Waals surface area contributed by atoms with Crippen molar-refractivity contribution in [2.24, 2.45) is 0 Å². The molecule has 0 atom stereocenters. The molecular weight excluding hydrogens is 164 g/mol. The summed E-state index contributed by atoms with van der Waals surface area (Å²) in [5.74, 6) is 0.514. The van der Waals surface area contributed by atoms with Gasteiger partial charge in [-0.05, 0) is 12.1 Å². The molecule has 66 valence electrons. The minimum Gasteiger partial charge on any atom is -0.453 e. The van der Waals surface area contributed by atoms with Crippen molar-refractivity contribution in [3.8, 4) is 0 Å². The predicted molar refractivity (Wildman–Crippen MR) is 50.8 cm³/mol. The van der Waals surface area contributed by atoms with Gasteiger partial charge in [-0.3, -0.25) is 4.79 Å². The van der Waals surface area contributed by atoms with E-state index < -0.39 is 0 Å². The van der Waals surface area contributed by atoms with Crippen LogP contribution < -0.4 is 0 Å². The molecule has 2 aromatic rings. The Labute approximate surface area is 76.2 Å². The van der Waals surface area contributed by atoms with E-state index in [1.807, 2.05) is 31.2 Å². The Kier molecular flexibility index (Phi) is 1.89. The number of ketones is 1. The molecule has 0 saturated carbocycles. The summed E-state index contributed by atoms with van der Waals surface area (Å²) in [4.78, 5) is 11.3. The zero-order valence-corrected chi connectivity index (χ0v) is 7.41. The van der Waals surface area contributed by atoms with E-state index >= 15 is 0 Å². The highest BCUT2D eigenvalue weighted by molar-refractivity contribution is 5.97. The molecule has 2 nitrogen and oxygen atoms in total. The summed E-state index contributed by atoms with van der Waals surface area (Å²) in [5.41, 5.74) is 0.777. The van der Waals surface area contributed by atoms with E-state index in [1.165, 1.54) is 0 Å². The minimum absolute atomic E-state index is 0.0520. The summed E-state index contributed by atoms with van der Waals surface area (Å²) in [5, 5.41) is 0.985. The van der Waals surface area contributed by atoms with Crippen LogP contribution >= 0.6 is 0 Å². The van der Waals surface area contributed by atoms with Crippen molar-refractivity contribution in [1.29, 1.82) is 0 Å². The average Bonchev–Trinajstić information content (AvgIpc) is 2.59. The molecule has 0 aliphatic carbocycles. The highest BCUT2D eigenvalue weighted by Crippen LogP contribution is 2.19. The fourth-order valence-electron chi connectivity index (χ4n) is 1.29. The highest BCUT2D eigenvalue weighted by atomic mass is 16.3. The first kappa shape index (κ1) is 8.05. The van der Waals surface area contributed by atoms with Gasteiger partial charge in [0.15, 0.2) is 11.5 Å². The highest BCUT2D eigenvalue weighted by Gasteiger charge is 2.08. The Bertz CT molecular complexity index is 407. The lowest BCUT2D eigenvalue weighted by Crippen LogP contribution is -1.92. The van der Waals surface area contributed by atoms with Crippen LogP contribution in [0.2, 0.25) is 0 Å². The van der Waals surface area contributed by atoms with Gasteiger partial charge >= 0.3 is 0 Å². The molecule has 0 bridgehead atoms. The topological polar surface area (TPSA) is 30.2 Å². The van der Waals surface area contributed by atoms with Gasteiger partial charge in [-0.1, -0.05) is 25.1 Å². The first-order valence-electron chi connectivity index (χ1n) is 4.33. The molecule has 0 aliphatic heterocycles. The zero-order chi connectivity index (χ0) is 9.26. The Balaban J connectivity index is 2.56. The van der Waals surface area contributed by atoms with Crippen LogP contribution in [0.1, 0.15) is 23.9 Å². The second kappa shape index (κ2) is 3.05. The van der Waals surface area contributed by atoms with Gasteiger partial charge in [0.2, 0.25) is 0 Å². The van der Waals surface area contributed by atoms with Crippen LogP contribution in [0.3, 0.4) is 0 Å². The van der Waals surface area contributed by atoms with Gasteiger partial charge in [-0.15, -0.1) is 0 Å². The van der Waals surface area contributed by atoms with E-state index in [0.717, 1.165) is 11.0 Å². The summed E-state index contributed by atoms with van der Waals surface area (Å²) in [6, 6.07) is 9.41. The number of furan rings is 1. The van der Waals surface area contributed by atoms with Crippen molar-refractivity contribution in [2.75, 3.05) is 0 Å². The maximum Gasteiger partial charge on any atom is 0.197 e. The first-order valence-corrected chi connectivity index (χ1v) is 4.33. The number of hydrogen-bond acceptors (Lipinski definition) is 2. The van der Waals surface area contributed by atoms with Crippen molar-refractivity contribution >= 4 is 16.8 Å². The molecule has 13 heavy (non-hydrogen) atoms. The van der Waals surface area contributed by atoms with Crippen LogP contribution in [0, 0.1) is 0 Å². The standard InChI is InChI=1S/C11H10O2/c1-2-9(12)11-7-8-5-3-4-6-10(8)13-11/h3-7H,2H2,1H3. The second-order valence-corrected chi connectivity index (χ2v) is 2.93. The predicted octanol–water partition coefficient (Wildman–Crippen LogP) is 3.03. The lowest BCUT2D eigenvalue weighted by Gasteiger charge is -1.87. The van der Waals surface area contributed by atoms with Gasteiger partial charge in [0.05, 0.1) is 0 Å². The maximum atomic E-state index is 11.3. The molecule has 1 aromatic carbocycles. The molecule has 0 N–H and O–H groups in total. The molecule has 0 spiro atoms. The molecular formula is C11H10O2. The lowest BCUT2D eigenvalue weighted by atomic mass is 10.2. The van der Waals surface area contributed by atoms with Gasteiger partial charge in [0.25, 0.3) is 0 Å². The first-order chi connectivity index (χ1) is 6.31. The molecule has 0 unspecified atom stereocenters. The van der Waals surface area contributed by atoms with Crippen LogP contribution in [0.15, 0.2) is 34.7 Å². The average molecular weight is 174 g/mol. The van der Waals surface area contributed by atoms with Crippen molar-refractivity contribution < 1.29 is 9.21 Å². The number of benzene rings is 1. The van der Waals surface area contributed by atoms with Crippen LogP contribution in [0.4, 0.5) is 0 Å². The van der Waals surface area contributed by atoms with Crippen LogP contribution in [-0.4, -0.2) is 5.78 Å². The number of carbonyl (C=O) groups is 1. The summed E-state index contributed by atoms with van der Waals surface area (Å²) in [7, 11) is 0. The summed E-state index contributed by atoms with van der Waals surface area (Å²) in [6.45, 7) is 1.83. The molecule has 2 rings (SSSR count). The summed E-state index contributed by atoms with van der Waals surface area (Å²) in [6.07, 6.45) is 0.486. The third-order valence-electron chi connectivity index (χ3n) is 2.02. The minimum atomic E-state index is 0.0520. The molecule has 0 aliphatic rings. The smallest absolute Gasteiger partial charge is 0.197 e. The van der Waals surface area contributed by atoms with E-state index in [9.17, 15) is 4.79 Å².